The summed E-state index contributed by atoms with van der Waals surface area (Å²) < 4.78 is 0. The normalized spacial score (nSPS) is 20.1. The molecule has 0 aromatic heterocycles. The van der Waals surface area contributed by atoms with Gasteiger partial charge >= 0.3 is 0 Å². The van der Waals surface area contributed by atoms with Crippen molar-refractivity contribution in [2.75, 3.05) is 26.7 Å². The van der Waals surface area contributed by atoms with Crippen LogP contribution in [-0.2, 0) is 4.79 Å². The van der Waals surface area contributed by atoms with Gasteiger partial charge in [0.2, 0.25) is 5.91 Å². The van der Waals surface area contributed by atoms with Crippen LogP contribution in [0.1, 0.15) is 46.0 Å². The molecule has 1 amide bonds. The summed E-state index contributed by atoms with van der Waals surface area (Å²) in [5.41, 5.74) is 5.27. The molecule has 106 valence electrons. The largest absolute Gasteiger partial charge is 0.354 e. The fraction of sp³-hybridized carbons (Fsp3) is 0.929. The van der Waals surface area contributed by atoms with Gasteiger partial charge in [0.15, 0.2) is 0 Å². The van der Waals surface area contributed by atoms with Crippen LogP contribution in [0.25, 0.3) is 0 Å². The van der Waals surface area contributed by atoms with E-state index in [2.05, 4.69) is 17.3 Å². The number of carbonyl (C=O) groups excluding carboxylic acids is 1. The molecule has 0 bridgehead atoms. The zero-order chi connectivity index (χ0) is 13.6. The van der Waals surface area contributed by atoms with Gasteiger partial charge in [-0.1, -0.05) is 19.8 Å². The number of likely N-dealkylation sites (N-methyl/N-ethyl adjacent to an activating group) is 1. The Labute approximate surface area is 111 Å². The van der Waals surface area contributed by atoms with Crippen LogP contribution in [0.15, 0.2) is 0 Å². The van der Waals surface area contributed by atoms with Crippen LogP contribution in [-0.4, -0.2) is 43.5 Å². The number of hydrogen-bond acceptors (Lipinski definition) is 3. The maximum atomic E-state index is 12.0. The monoisotopic (exact) mass is 255 g/mol. The van der Waals surface area contributed by atoms with Crippen molar-refractivity contribution in [3.63, 3.8) is 0 Å². The molecule has 18 heavy (non-hydrogen) atoms. The summed E-state index contributed by atoms with van der Waals surface area (Å²) in [6, 6.07) is 0.717. The van der Waals surface area contributed by atoms with E-state index < -0.39 is 5.41 Å². The van der Waals surface area contributed by atoms with Crippen LogP contribution in [0.3, 0.4) is 0 Å². The average molecular weight is 255 g/mol. The van der Waals surface area contributed by atoms with Gasteiger partial charge in [-0.15, -0.1) is 0 Å². The molecule has 1 unspecified atom stereocenters. The molecule has 0 aromatic carbocycles. The zero-order valence-corrected chi connectivity index (χ0v) is 12.2. The molecule has 1 rings (SSSR count). The lowest BCUT2D eigenvalue weighted by molar-refractivity contribution is -0.129. The first-order chi connectivity index (χ1) is 8.53. The van der Waals surface area contributed by atoms with Crippen molar-refractivity contribution in [2.45, 2.75) is 52.0 Å². The van der Waals surface area contributed by atoms with E-state index >= 15 is 0 Å². The molecule has 0 aromatic rings. The van der Waals surface area contributed by atoms with Crippen molar-refractivity contribution in [3.05, 3.63) is 0 Å². The van der Waals surface area contributed by atoms with Gasteiger partial charge in [-0.2, -0.15) is 0 Å². The lowest BCUT2D eigenvalue weighted by Gasteiger charge is -2.27. The third-order valence-electron chi connectivity index (χ3n) is 4.48. The minimum Gasteiger partial charge on any atom is -0.354 e. The number of nitrogens with one attached hydrogen (secondary N) is 1. The Morgan fingerprint density at radius 2 is 2.06 bits per heavy atom. The lowest BCUT2D eigenvalue weighted by atomic mass is 9.87. The summed E-state index contributed by atoms with van der Waals surface area (Å²) in [4.78, 5) is 14.4. The first kappa shape index (κ1) is 15.4. The van der Waals surface area contributed by atoms with Crippen LogP contribution in [0.4, 0.5) is 0 Å². The highest BCUT2D eigenvalue weighted by atomic mass is 16.2. The number of hydrogen-bond donors (Lipinski definition) is 2. The van der Waals surface area contributed by atoms with Crippen LogP contribution in [0.2, 0.25) is 0 Å². The molecule has 1 atom stereocenters. The first-order valence-corrected chi connectivity index (χ1v) is 7.22. The van der Waals surface area contributed by atoms with Gasteiger partial charge in [-0.3, -0.25) is 4.79 Å². The quantitative estimate of drug-likeness (QED) is 0.722. The second-order valence-corrected chi connectivity index (χ2v) is 5.79. The van der Waals surface area contributed by atoms with Gasteiger partial charge in [0.05, 0.1) is 5.41 Å². The van der Waals surface area contributed by atoms with E-state index in [4.69, 9.17) is 5.73 Å². The van der Waals surface area contributed by atoms with Crippen molar-refractivity contribution in [2.24, 2.45) is 11.1 Å². The van der Waals surface area contributed by atoms with Crippen molar-refractivity contribution in [1.29, 1.82) is 0 Å². The molecular weight excluding hydrogens is 226 g/mol. The van der Waals surface area contributed by atoms with E-state index in [9.17, 15) is 4.79 Å². The second-order valence-electron chi connectivity index (χ2n) is 5.79. The highest BCUT2D eigenvalue weighted by Gasteiger charge is 2.29. The van der Waals surface area contributed by atoms with E-state index in [0.29, 0.717) is 12.6 Å². The average Bonchev–Trinajstić information content (AvgIpc) is 2.91. The Morgan fingerprint density at radius 1 is 1.44 bits per heavy atom. The summed E-state index contributed by atoms with van der Waals surface area (Å²) in [6.07, 6.45) is 6.10. The maximum Gasteiger partial charge on any atom is 0.227 e. The predicted molar refractivity (Wildman–Crippen MR) is 75.3 cm³/mol. The van der Waals surface area contributed by atoms with Crippen LogP contribution in [0.5, 0.6) is 0 Å². The molecule has 1 aliphatic carbocycles. The second kappa shape index (κ2) is 7.10. The van der Waals surface area contributed by atoms with Crippen LogP contribution in [0, 0.1) is 5.41 Å². The smallest absolute Gasteiger partial charge is 0.227 e. The Kier molecular flexibility index (Phi) is 6.09. The Balaban J connectivity index is 2.26. The van der Waals surface area contributed by atoms with Crippen molar-refractivity contribution >= 4 is 5.91 Å². The molecule has 3 N–H and O–H groups in total. The number of nitrogens with two attached hydrogens (primary N) is 1. The molecule has 1 fully saturated rings. The number of nitrogens with zero attached hydrogens (tertiary/aromatic N) is 1. The first-order valence-electron chi connectivity index (χ1n) is 7.22. The molecule has 0 saturated heterocycles. The Hall–Kier alpha value is -0.610. The molecule has 0 radical (unpaired) electrons. The van der Waals surface area contributed by atoms with E-state index in [1.807, 2.05) is 13.8 Å². The van der Waals surface area contributed by atoms with Crippen molar-refractivity contribution < 1.29 is 4.79 Å². The fourth-order valence-corrected chi connectivity index (χ4v) is 2.48. The van der Waals surface area contributed by atoms with E-state index in [0.717, 1.165) is 19.5 Å². The SMILES string of the molecule is CCC(C)(CN)C(=O)NCCN(C)C1CCCC1. The summed E-state index contributed by atoms with van der Waals surface area (Å²) in [5, 5.41) is 3.02. The third kappa shape index (κ3) is 3.95. The lowest BCUT2D eigenvalue weighted by Crippen LogP contribution is -2.46. The summed E-state index contributed by atoms with van der Waals surface area (Å²) >= 11 is 0. The molecule has 4 nitrogen and oxygen atoms in total. The van der Waals surface area contributed by atoms with Gasteiger partial charge in [-0.05, 0) is 33.2 Å². The predicted octanol–water partition coefficient (Wildman–Crippen LogP) is 1.35. The van der Waals surface area contributed by atoms with Crippen LogP contribution >= 0.6 is 0 Å². The molecule has 1 saturated carbocycles. The molecule has 0 aliphatic heterocycles. The summed E-state index contributed by atoms with van der Waals surface area (Å²) in [7, 11) is 2.16. The molecule has 1 aliphatic rings. The highest BCUT2D eigenvalue weighted by Crippen LogP contribution is 2.22. The number of carbonyl (C=O) groups is 1. The minimum absolute atomic E-state index is 0.0901. The van der Waals surface area contributed by atoms with Gasteiger partial charge < -0.3 is 16.0 Å². The Bertz CT molecular complexity index is 258. The van der Waals surface area contributed by atoms with Gasteiger partial charge in [-0.25, -0.2) is 0 Å². The summed E-state index contributed by atoms with van der Waals surface area (Å²) in [6.45, 7) is 6.01. The number of amides is 1. The standard InChI is InChI=1S/C14H29N3O/c1-4-14(2,11-15)13(18)16-9-10-17(3)12-7-5-6-8-12/h12H,4-11,15H2,1-3H3,(H,16,18). The molecular formula is C14H29N3O. The van der Waals surface area contributed by atoms with Crippen molar-refractivity contribution in [1.82, 2.24) is 10.2 Å². The van der Waals surface area contributed by atoms with E-state index in [-0.39, 0.29) is 5.91 Å². The van der Waals surface area contributed by atoms with Crippen molar-refractivity contribution in [3.8, 4) is 0 Å². The van der Waals surface area contributed by atoms with E-state index in [1.165, 1.54) is 25.7 Å². The number of rotatable bonds is 7. The van der Waals surface area contributed by atoms with Gasteiger partial charge in [0.1, 0.15) is 0 Å². The molecule has 0 heterocycles. The molecule has 0 spiro atoms. The minimum atomic E-state index is -0.411. The maximum absolute atomic E-state index is 12.0. The van der Waals surface area contributed by atoms with Gasteiger partial charge in [0.25, 0.3) is 0 Å². The molecule has 4 heteroatoms. The fourth-order valence-electron chi connectivity index (χ4n) is 2.48. The topological polar surface area (TPSA) is 58.4 Å². The van der Waals surface area contributed by atoms with Gasteiger partial charge in [0, 0.05) is 25.7 Å². The Morgan fingerprint density at radius 3 is 2.56 bits per heavy atom. The third-order valence-corrected chi connectivity index (χ3v) is 4.48. The highest BCUT2D eigenvalue weighted by molar-refractivity contribution is 5.82. The van der Waals surface area contributed by atoms with Crippen LogP contribution < -0.4 is 11.1 Å². The summed E-state index contributed by atoms with van der Waals surface area (Å²) in [5.74, 6) is 0.0901. The van der Waals surface area contributed by atoms with E-state index in [1.54, 1.807) is 0 Å². The zero-order valence-electron chi connectivity index (χ0n) is 12.2.